The molecule has 0 aromatic carbocycles. The number of rotatable bonds is 4. The Morgan fingerprint density at radius 3 is 2.27 bits per heavy atom. The van der Waals surface area contributed by atoms with E-state index in [9.17, 15) is 18.5 Å². The van der Waals surface area contributed by atoms with E-state index in [1.165, 1.54) is 0 Å². The van der Waals surface area contributed by atoms with Gasteiger partial charge in [0.1, 0.15) is 4.58 Å². The molecular formula is C7H14N2O5S. The Hall–Kier alpha value is -0.890. The molecular weight excluding hydrogens is 224 g/mol. The maximum atomic E-state index is 11.0. The number of nitro groups is 1. The van der Waals surface area contributed by atoms with E-state index in [4.69, 9.17) is 4.84 Å². The van der Waals surface area contributed by atoms with E-state index in [1.54, 1.807) is 0 Å². The van der Waals surface area contributed by atoms with Gasteiger partial charge in [0.15, 0.2) is 0 Å². The molecule has 0 radical (unpaired) electrons. The first-order chi connectivity index (χ1) is 6.91. The molecule has 88 valence electrons. The molecule has 1 rings (SSSR count). The lowest BCUT2D eigenvalue weighted by molar-refractivity contribution is -0.699. The van der Waals surface area contributed by atoms with Crippen LogP contribution in [0.15, 0.2) is 0 Å². The van der Waals surface area contributed by atoms with E-state index in [0.717, 1.165) is 25.5 Å². The summed E-state index contributed by atoms with van der Waals surface area (Å²) in [5, 5.41) is 9.40. The summed E-state index contributed by atoms with van der Waals surface area (Å²) < 4.78 is 21.9. The van der Waals surface area contributed by atoms with Crippen molar-refractivity contribution in [2.45, 2.75) is 38.2 Å². The minimum atomic E-state index is -3.95. The maximum Gasteiger partial charge on any atom is 0.310 e. The Labute approximate surface area is 88.1 Å². The summed E-state index contributed by atoms with van der Waals surface area (Å²) >= 11 is 0. The fourth-order valence-corrected chi connectivity index (χ4v) is 2.06. The first kappa shape index (κ1) is 12.2. The molecule has 0 bridgehead atoms. The van der Waals surface area contributed by atoms with Gasteiger partial charge in [-0.3, -0.25) is 0 Å². The van der Waals surface area contributed by atoms with Crippen molar-refractivity contribution in [1.29, 1.82) is 0 Å². The van der Waals surface area contributed by atoms with E-state index >= 15 is 0 Å². The molecule has 0 spiro atoms. The largest absolute Gasteiger partial charge is 0.310 e. The zero-order valence-corrected chi connectivity index (χ0v) is 9.27. The third-order valence-electron chi connectivity index (χ3n) is 2.21. The zero-order chi connectivity index (χ0) is 11.5. The molecule has 0 aromatic heterocycles. The molecule has 0 aliphatic heterocycles. The van der Waals surface area contributed by atoms with Crippen LogP contribution in [0.3, 0.4) is 0 Å². The molecule has 8 heteroatoms. The van der Waals surface area contributed by atoms with E-state index in [1.807, 2.05) is 0 Å². The Morgan fingerprint density at radius 1 is 1.33 bits per heavy atom. The van der Waals surface area contributed by atoms with Crippen LogP contribution in [-0.2, 0) is 14.9 Å². The normalized spacial score (nSPS) is 18.7. The highest BCUT2D eigenvalue weighted by Crippen LogP contribution is 2.21. The predicted octanol–water partition coefficient (Wildman–Crippen LogP) is 0.704. The lowest BCUT2D eigenvalue weighted by Gasteiger charge is -2.22. The van der Waals surface area contributed by atoms with Crippen molar-refractivity contribution >= 4 is 10.0 Å². The summed E-state index contributed by atoms with van der Waals surface area (Å²) in [6, 6.07) is 0. The average molecular weight is 238 g/mol. The molecule has 0 atom stereocenters. The van der Waals surface area contributed by atoms with Gasteiger partial charge in [-0.25, -0.2) is 15.0 Å². The molecule has 7 nitrogen and oxygen atoms in total. The highest BCUT2D eigenvalue weighted by molar-refractivity contribution is 7.88. The molecule has 1 fully saturated rings. The average Bonchev–Trinajstić information content (AvgIpc) is 2.13. The lowest BCUT2D eigenvalue weighted by Crippen LogP contribution is -2.39. The van der Waals surface area contributed by atoms with Gasteiger partial charge in [0.25, 0.3) is 0 Å². The number of sulfonamides is 1. The topological polar surface area (TPSA) is 89.8 Å². The smallest absolute Gasteiger partial charge is 0.232 e. The number of hydrogen-bond donors (Lipinski definition) is 0. The second-order valence-electron chi connectivity index (χ2n) is 3.57. The van der Waals surface area contributed by atoms with E-state index in [0.29, 0.717) is 12.8 Å². The zero-order valence-electron chi connectivity index (χ0n) is 8.46. The van der Waals surface area contributed by atoms with E-state index in [2.05, 4.69) is 0 Å². The quantitative estimate of drug-likeness (QED) is 0.531. The molecule has 0 unspecified atom stereocenters. The van der Waals surface area contributed by atoms with Crippen molar-refractivity contribution in [3.63, 3.8) is 0 Å². The minimum Gasteiger partial charge on any atom is -0.232 e. The van der Waals surface area contributed by atoms with Crippen molar-refractivity contribution < 1.29 is 18.3 Å². The van der Waals surface area contributed by atoms with Crippen LogP contribution in [0.5, 0.6) is 0 Å². The van der Waals surface area contributed by atoms with E-state index < -0.39 is 15.1 Å². The second kappa shape index (κ2) is 4.75. The van der Waals surface area contributed by atoms with Gasteiger partial charge in [-0.15, -0.1) is 0 Å². The van der Waals surface area contributed by atoms with Gasteiger partial charge in [-0.2, -0.15) is 8.42 Å². The van der Waals surface area contributed by atoms with Crippen molar-refractivity contribution in [3.8, 4) is 0 Å². The molecule has 0 aromatic rings. The van der Waals surface area contributed by atoms with Crippen molar-refractivity contribution in [3.05, 3.63) is 10.1 Å². The fourth-order valence-electron chi connectivity index (χ4n) is 1.54. The summed E-state index contributed by atoms with van der Waals surface area (Å²) in [5.41, 5.74) is 0. The first-order valence-electron chi connectivity index (χ1n) is 4.72. The highest BCUT2D eigenvalue weighted by Gasteiger charge is 2.32. The van der Waals surface area contributed by atoms with Crippen LogP contribution >= 0.6 is 0 Å². The first-order valence-corrected chi connectivity index (χ1v) is 6.57. The van der Waals surface area contributed by atoms with Crippen LogP contribution in [0.25, 0.3) is 0 Å². The molecule has 0 heterocycles. The van der Waals surface area contributed by atoms with Crippen LogP contribution in [0.2, 0.25) is 0 Å². The molecule has 1 saturated carbocycles. The third kappa shape index (κ3) is 3.63. The van der Waals surface area contributed by atoms with Gasteiger partial charge in [0.05, 0.1) is 12.4 Å². The second-order valence-corrected chi connectivity index (χ2v) is 5.35. The van der Waals surface area contributed by atoms with Gasteiger partial charge in [-0.05, 0) is 12.8 Å². The summed E-state index contributed by atoms with van der Waals surface area (Å²) in [6.07, 6.45) is 4.62. The predicted molar refractivity (Wildman–Crippen MR) is 51.6 cm³/mol. The van der Waals surface area contributed by atoms with Crippen LogP contribution < -0.4 is 0 Å². The molecule has 0 saturated heterocycles. The van der Waals surface area contributed by atoms with Crippen LogP contribution in [0.1, 0.15) is 32.1 Å². The summed E-state index contributed by atoms with van der Waals surface area (Å²) in [5.74, 6) is 0. The van der Waals surface area contributed by atoms with Crippen molar-refractivity contribution in [2.75, 3.05) is 6.26 Å². The molecule has 1 aliphatic rings. The van der Waals surface area contributed by atoms with Crippen molar-refractivity contribution in [2.24, 2.45) is 0 Å². The monoisotopic (exact) mass is 238 g/mol. The van der Waals surface area contributed by atoms with Crippen LogP contribution in [0.4, 0.5) is 0 Å². The Bertz CT molecular complexity index is 322. The van der Waals surface area contributed by atoms with Gasteiger partial charge < -0.3 is 0 Å². The summed E-state index contributed by atoms with van der Waals surface area (Å²) in [7, 11) is -3.95. The molecule has 1 aliphatic carbocycles. The van der Waals surface area contributed by atoms with Crippen LogP contribution in [0, 0.1) is 10.1 Å². The van der Waals surface area contributed by atoms with Gasteiger partial charge in [0, 0.05) is 0 Å². The number of hydrazine groups is 1. The lowest BCUT2D eigenvalue weighted by atomic mass is 9.98. The Balaban J connectivity index is 2.62. The van der Waals surface area contributed by atoms with E-state index in [-0.39, 0.29) is 10.7 Å². The van der Waals surface area contributed by atoms with Gasteiger partial charge in [-0.1, -0.05) is 19.3 Å². The standard InChI is InChI=1S/C7H14N2O5S/c1-15(12,13)9(8(10)11)14-7-5-3-2-4-6-7/h7H,2-6H2,1H3. The molecule has 0 N–H and O–H groups in total. The SMILES string of the molecule is CS(=O)(=O)N(OC1CCCCC1)[N+](=O)[O-]. The van der Waals surface area contributed by atoms with Gasteiger partial charge >= 0.3 is 10.0 Å². The Kier molecular flexibility index (Phi) is 3.86. The summed E-state index contributed by atoms with van der Waals surface area (Å²) in [4.78, 5) is 15.3. The molecule has 15 heavy (non-hydrogen) atoms. The minimum absolute atomic E-state index is 0.136. The fraction of sp³-hybridized carbons (Fsp3) is 1.00. The maximum absolute atomic E-state index is 11.0. The molecule has 0 amide bonds. The Morgan fingerprint density at radius 2 is 1.87 bits per heavy atom. The van der Waals surface area contributed by atoms with Gasteiger partial charge in [0.2, 0.25) is 5.03 Å². The highest BCUT2D eigenvalue weighted by atomic mass is 32.2. The van der Waals surface area contributed by atoms with Crippen LogP contribution in [-0.4, -0.2) is 30.4 Å². The number of nitrogens with zero attached hydrogens (tertiary/aromatic N) is 2. The number of hydrogen-bond acceptors (Lipinski definition) is 5. The third-order valence-corrected chi connectivity index (χ3v) is 3.00. The summed E-state index contributed by atoms with van der Waals surface area (Å²) in [6.45, 7) is 0. The van der Waals surface area contributed by atoms with Crippen molar-refractivity contribution in [1.82, 2.24) is 4.58 Å².